The number of aryl methyl sites for hydroxylation is 1. The van der Waals surface area contributed by atoms with E-state index in [0.29, 0.717) is 51.1 Å². The van der Waals surface area contributed by atoms with E-state index in [0.717, 1.165) is 12.8 Å². The standard InChI is InChI=1S/C20H18ClFN4O/c1-3-4-9-27-14-6-7-16(21)15(11-14)20-25-24-19-12(2)23-17-8-5-13(22)10-18(17)26(19)20/h5-8,10-11H,3-4,9H2,1-2H3. The van der Waals surface area contributed by atoms with Crippen molar-refractivity contribution in [2.24, 2.45) is 0 Å². The van der Waals surface area contributed by atoms with Crippen LogP contribution in [0.25, 0.3) is 28.1 Å². The minimum Gasteiger partial charge on any atom is -0.494 e. The van der Waals surface area contributed by atoms with Crippen LogP contribution in [0.3, 0.4) is 0 Å². The number of aromatic nitrogens is 4. The topological polar surface area (TPSA) is 52.3 Å². The van der Waals surface area contributed by atoms with Crippen molar-refractivity contribution < 1.29 is 9.13 Å². The third-order valence-corrected chi connectivity index (χ3v) is 4.73. The van der Waals surface area contributed by atoms with E-state index in [1.54, 1.807) is 16.5 Å². The fourth-order valence-electron chi connectivity index (χ4n) is 3.02. The molecular weight excluding hydrogens is 367 g/mol. The van der Waals surface area contributed by atoms with Crippen molar-refractivity contribution in [1.82, 2.24) is 19.6 Å². The maximum absolute atomic E-state index is 13.9. The molecule has 0 radical (unpaired) electrons. The predicted octanol–water partition coefficient (Wildman–Crippen LogP) is 5.22. The number of rotatable bonds is 5. The number of fused-ring (bicyclic) bond motifs is 3. The van der Waals surface area contributed by atoms with Crippen LogP contribution in [0.5, 0.6) is 5.75 Å². The van der Waals surface area contributed by atoms with Crippen LogP contribution in [0.1, 0.15) is 25.5 Å². The SMILES string of the molecule is CCCCOc1ccc(Cl)c(-c2nnc3c(C)nc4ccc(F)cc4n23)c1. The number of hydrogen-bond acceptors (Lipinski definition) is 4. The van der Waals surface area contributed by atoms with E-state index >= 15 is 0 Å². The number of benzene rings is 2. The predicted molar refractivity (Wildman–Crippen MR) is 104 cm³/mol. The van der Waals surface area contributed by atoms with Gasteiger partial charge >= 0.3 is 0 Å². The zero-order valence-corrected chi connectivity index (χ0v) is 15.8. The monoisotopic (exact) mass is 384 g/mol. The normalized spacial score (nSPS) is 11.4. The fourth-order valence-corrected chi connectivity index (χ4v) is 3.22. The Morgan fingerprint density at radius 1 is 1.15 bits per heavy atom. The van der Waals surface area contributed by atoms with Crippen molar-refractivity contribution in [3.8, 4) is 17.1 Å². The van der Waals surface area contributed by atoms with Crippen LogP contribution in [-0.4, -0.2) is 26.2 Å². The van der Waals surface area contributed by atoms with Crippen molar-refractivity contribution >= 4 is 28.3 Å². The Morgan fingerprint density at radius 3 is 2.81 bits per heavy atom. The van der Waals surface area contributed by atoms with E-state index < -0.39 is 0 Å². The molecule has 7 heteroatoms. The summed E-state index contributed by atoms with van der Waals surface area (Å²) in [5, 5.41) is 9.08. The molecule has 0 spiro atoms. The van der Waals surface area contributed by atoms with Gasteiger partial charge in [-0.3, -0.25) is 4.40 Å². The number of ether oxygens (including phenoxy) is 1. The average molecular weight is 385 g/mol. The molecule has 0 bridgehead atoms. The lowest BCUT2D eigenvalue weighted by Crippen LogP contribution is -1.99. The third-order valence-electron chi connectivity index (χ3n) is 4.40. The van der Waals surface area contributed by atoms with Crippen molar-refractivity contribution in [3.63, 3.8) is 0 Å². The summed E-state index contributed by atoms with van der Waals surface area (Å²) in [5.41, 5.74) is 3.20. The lowest BCUT2D eigenvalue weighted by atomic mass is 10.2. The molecule has 0 saturated heterocycles. The zero-order chi connectivity index (χ0) is 19.0. The zero-order valence-electron chi connectivity index (χ0n) is 15.0. The molecule has 2 heterocycles. The van der Waals surface area contributed by atoms with E-state index in [9.17, 15) is 4.39 Å². The molecule has 27 heavy (non-hydrogen) atoms. The summed E-state index contributed by atoms with van der Waals surface area (Å²) in [6, 6.07) is 9.91. The highest BCUT2D eigenvalue weighted by atomic mass is 35.5. The molecule has 0 N–H and O–H groups in total. The molecule has 5 nitrogen and oxygen atoms in total. The highest BCUT2D eigenvalue weighted by Crippen LogP contribution is 2.32. The molecule has 0 aliphatic heterocycles. The van der Waals surface area contributed by atoms with Crippen molar-refractivity contribution in [3.05, 3.63) is 52.9 Å². The molecule has 0 amide bonds. The summed E-state index contributed by atoms with van der Waals surface area (Å²) in [6.07, 6.45) is 2.03. The summed E-state index contributed by atoms with van der Waals surface area (Å²) < 4.78 is 21.5. The van der Waals surface area contributed by atoms with Gasteiger partial charge in [0.25, 0.3) is 0 Å². The van der Waals surface area contributed by atoms with E-state index in [2.05, 4.69) is 22.1 Å². The van der Waals surface area contributed by atoms with Gasteiger partial charge in [-0.1, -0.05) is 24.9 Å². The molecule has 0 unspecified atom stereocenters. The Hall–Kier alpha value is -2.73. The summed E-state index contributed by atoms with van der Waals surface area (Å²) in [4.78, 5) is 4.49. The molecule has 2 aromatic heterocycles. The lowest BCUT2D eigenvalue weighted by Gasteiger charge is -2.10. The molecule has 0 atom stereocenters. The second kappa shape index (κ2) is 7.12. The van der Waals surface area contributed by atoms with Crippen LogP contribution in [0.2, 0.25) is 5.02 Å². The molecule has 0 saturated carbocycles. The van der Waals surface area contributed by atoms with Gasteiger partial charge in [-0.15, -0.1) is 10.2 Å². The molecule has 0 fully saturated rings. The maximum atomic E-state index is 13.9. The first-order valence-corrected chi connectivity index (χ1v) is 9.20. The van der Waals surface area contributed by atoms with Crippen LogP contribution >= 0.6 is 11.6 Å². The summed E-state index contributed by atoms with van der Waals surface area (Å²) in [6.45, 7) is 4.59. The van der Waals surface area contributed by atoms with Gasteiger partial charge in [0.2, 0.25) is 0 Å². The van der Waals surface area contributed by atoms with Crippen molar-refractivity contribution in [1.29, 1.82) is 0 Å². The number of halogens is 2. The van der Waals surface area contributed by atoms with E-state index in [-0.39, 0.29) is 5.82 Å². The minimum absolute atomic E-state index is 0.350. The maximum Gasteiger partial charge on any atom is 0.183 e. The van der Waals surface area contributed by atoms with Gasteiger partial charge in [-0.2, -0.15) is 0 Å². The first kappa shape index (κ1) is 17.7. The van der Waals surface area contributed by atoms with Crippen LogP contribution < -0.4 is 4.74 Å². The van der Waals surface area contributed by atoms with Gasteiger partial charge in [-0.25, -0.2) is 9.37 Å². The van der Waals surface area contributed by atoms with Crippen molar-refractivity contribution in [2.45, 2.75) is 26.7 Å². The molecular formula is C20H18ClFN4O. The van der Waals surface area contributed by atoms with Gasteiger partial charge in [0.15, 0.2) is 11.5 Å². The molecule has 0 aliphatic rings. The van der Waals surface area contributed by atoms with E-state index in [1.807, 2.05) is 19.1 Å². The first-order chi connectivity index (χ1) is 13.1. The Balaban J connectivity index is 1.93. The minimum atomic E-state index is -0.350. The Kier molecular flexibility index (Phi) is 4.66. The van der Waals surface area contributed by atoms with Crippen molar-refractivity contribution in [2.75, 3.05) is 6.61 Å². The first-order valence-electron chi connectivity index (χ1n) is 8.82. The van der Waals surface area contributed by atoms with Crippen LogP contribution in [-0.2, 0) is 0 Å². The number of nitrogens with zero attached hydrogens (tertiary/aromatic N) is 4. The Morgan fingerprint density at radius 2 is 2.00 bits per heavy atom. The summed E-state index contributed by atoms with van der Waals surface area (Å²) in [7, 11) is 0. The van der Waals surface area contributed by atoms with Gasteiger partial charge in [0.1, 0.15) is 11.6 Å². The number of unbranched alkanes of at least 4 members (excludes halogenated alkanes) is 1. The molecule has 4 aromatic rings. The molecule has 0 aliphatic carbocycles. The largest absolute Gasteiger partial charge is 0.494 e. The quantitative estimate of drug-likeness (QED) is 0.442. The van der Waals surface area contributed by atoms with Gasteiger partial charge in [0.05, 0.1) is 28.4 Å². The van der Waals surface area contributed by atoms with Gasteiger partial charge in [-0.05, 0) is 43.7 Å². The summed E-state index contributed by atoms with van der Waals surface area (Å²) >= 11 is 6.45. The summed E-state index contributed by atoms with van der Waals surface area (Å²) in [5.74, 6) is 0.884. The molecule has 138 valence electrons. The molecule has 2 aromatic carbocycles. The Bertz CT molecular complexity index is 1140. The van der Waals surface area contributed by atoms with Gasteiger partial charge < -0.3 is 4.74 Å². The second-order valence-corrected chi connectivity index (χ2v) is 6.76. The average Bonchev–Trinajstić information content (AvgIpc) is 3.10. The Labute approximate surface area is 160 Å². The highest BCUT2D eigenvalue weighted by molar-refractivity contribution is 6.33. The second-order valence-electron chi connectivity index (χ2n) is 6.36. The van der Waals surface area contributed by atoms with Crippen LogP contribution in [0.15, 0.2) is 36.4 Å². The van der Waals surface area contributed by atoms with Crippen LogP contribution in [0, 0.1) is 12.7 Å². The highest BCUT2D eigenvalue weighted by Gasteiger charge is 2.17. The number of hydrogen-bond donors (Lipinski definition) is 0. The van der Waals surface area contributed by atoms with E-state index in [1.165, 1.54) is 12.1 Å². The van der Waals surface area contributed by atoms with Gasteiger partial charge in [0, 0.05) is 11.6 Å². The molecule has 4 rings (SSSR count). The smallest absolute Gasteiger partial charge is 0.183 e. The fraction of sp³-hybridized carbons (Fsp3) is 0.250. The van der Waals surface area contributed by atoms with Crippen LogP contribution in [0.4, 0.5) is 4.39 Å². The lowest BCUT2D eigenvalue weighted by molar-refractivity contribution is 0.309. The van der Waals surface area contributed by atoms with E-state index in [4.69, 9.17) is 16.3 Å². The third kappa shape index (κ3) is 3.21.